The van der Waals surface area contributed by atoms with Crippen molar-refractivity contribution in [3.63, 3.8) is 0 Å². The number of hydrogen-bond acceptors (Lipinski definition) is 4. The lowest BCUT2D eigenvalue weighted by Crippen LogP contribution is -2.53. The van der Waals surface area contributed by atoms with Crippen LogP contribution in [-0.4, -0.2) is 75.9 Å². The van der Waals surface area contributed by atoms with E-state index in [4.69, 9.17) is 4.74 Å². The molecule has 2 aliphatic rings. The lowest BCUT2D eigenvalue weighted by Gasteiger charge is -2.39. The predicted molar refractivity (Wildman–Crippen MR) is 123 cm³/mol. The number of benzene rings is 1. The third-order valence-electron chi connectivity index (χ3n) is 5.37. The van der Waals surface area contributed by atoms with E-state index in [0.717, 1.165) is 58.3 Å². The first-order valence-corrected chi connectivity index (χ1v) is 9.86. The van der Waals surface area contributed by atoms with E-state index in [1.54, 1.807) is 0 Å². The average Bonchev–Trinajstić information content (AvgIpc) is 3.22. The molecule has 2 saturated heterocycles. The van der Waals surface area contributed by atoms with Crippen molar-refractivity contribution in [2.24, 2.45) is 4.99 Å². The van der Waals surface area contributed by atoms with E-state index in [1.165, 1.54) is 12.1 Å². The summed E-state index contributed by atoms with van der Waals surface area (Å²) in [6.45, 7) is 9.28. The zero-order valence-electron chi connectivity index (χ0n) is 16.6. The Hall–Kier alpha value is -1.06. The molecule has 7 heteroatoms. The second kappa shape index (κ2) is 11.7. The number of rotatable bonds is 6. The van der Waals surface area contributed by atoms with Gasteiger partial charge in [-0.3, -0.25) is 9.89 Å². The molecule has 0 aliphatic carbocycles. The molecule has 1 aromatic rings. The lowest BCUT2D eigenvalue weighted by molar-refractivity contribution is 0.113. The van der Waals surface area contributed by atoms with Crippen LogP contribution in [0, 0.1) is 0 Å². The minimum absolute atomic E-state index is 0. The zero-order chi connectivity index (χ0) is 18.2. The summed E-state index contributed by atoms with van der Waals surface area (Å²) in [5.41, 5.74) is 1.33. The highest BCUT2D eigenvalue weighted by atomic mass is 127. The van der Waals surface area contributed by atoms with E-state index in [2.05, 4.69) is 62.7 Å². The van der Waals surface area contributed by atoms with Crippen molar-refractivity contribution in [2.75, 3.05) is 57.8 Å². The first kappa shape index (κ1) is 22.2. The van der Waals surface area contributed by atoms with Crippen molar-refractivity contribution in [1.82, 2.24) is 15.5 Å². The van der Waals surface area contributed by atoms with Crippen molar-refractivity contribution in [3.8, 4) is 0 Å². The lowest BCUT2D eigenvalue weighted by atomic mass is 10.2. The Morgan fingerprint density at radius 2 is 1.93 bits per heavy atom. The number of nitrogens with zero attached hydrogens (tertiary/aromatic N) is 3. The number of ether oxygens (including phenoxy) is 1. The molecule has 2 unspecified atom stereocenters. The molecule has 2 N–H and O–H groups in total. The van der Waals surface area contributed by atoms with Gasteiger partial charge in [0, 0.05) is 64.7 Å². The highest BCUT2D eigenvalue weighted by Crippen LogP contribution is 2.16. The van der Waals surface area contributed by atoms with Gasteiger partial charge in [0.15, 0.2) is 5.96 Å². The maximum absolute atomic E-state index is 5.66. The monoisotopic (exact) mass is 487 g/mol. The third kappa shape index (κ3) is 6.80. The molecule has 0 radical (unpaired) electrons. The van der Waals surface area contributed by atoms with E-state index >= 15 is 0 Å². The van der Waals surface area contributed by atoms with Crippen LogP contribution < -0.4 is 15.5 Å². The second-order valence-corrected chi connectivity index (χ2v) is 7.18. The van der Waals surface area contributed by atoms with Crippen LogP contribution in [0.4, 0.5) is 5.69 Å². The van der Waals surface area contributed by atoms with Crippen LogP contribution in [0.3, 0.4) is 0 Å². The molecule has 0 amide bonds. The maximum atomic E-state index is 5.66. The largest absolute Gasteiger partial charge is 0.376 e. The van der Waals surface area contributed by atoms with Crippen LogP contribution in [0.5, 0.6) is 0 Å². The van der Waals surface area contributed by atoms with E-state index < -0.39 is 0 Å². The number of hydrogen-bond donors (Lipinski definition) is 2. The molecule has 0 bridgehead atoms. The van der Waals surface area contributed by atoms with Crippen LogP contribution in [0.15, 0.2) is 35.3 Å². The molecule has 2 fully saturated rings. The Kier molecular flexibility index (Phi) is 9.64. The number of anilines is 1. The molecule has 0 spiro atoms. The SMILES string of the molecule is CN=C(NCC1CCCO1)NCC(C)N1CCN(c2ccccc2)CC1.I. The van der Waals surface area contributed by atoms with Gasteiger partial charge in [0.05, 0.1) is 6.10 Å². The molecule has 3 rings (SSSR count). The molecule has 6 nitrogen and oxygen atoms in total. The normalized spacial score (nSPS) is 22.2. The zero-order valence-corrected chi connectivity index (χ0v) is 18.9. The van der Waals surface area contributed by atoms with Crippen molar-refractivity contribution < 1.29 is 4.74 Å². The molecule has 27 heavy (non-hydrogen) atoms. The number of piperazine rings is 1. The van der Waals surface area contributed by atoms with E-state index in [9.17, 15) is 0 Å². The number of guanidine groups is 1. The first-order chi connectivity index (χ1) is 12.8. The summed E-state index contributed by atoms with van der Waals surface area (Å²) in [5, 5.41) is 6.85. The van der Waals surface area contributed by atoms with Crippen LogP contribution in [-0.2, 0) is 4.74 Å². The van der Waals surface area contributed by atoms with Gasteiger partial charge in [0.25, 0.3) is 0 Å². The van der Waals surface area contributed by atoms with Crippen molar-refractivity contribution >= 4 is 35.6 Å². The highest BCUT2D eigenvalue weighted by Gasteiger charge is 2.21. The Morgan fingerprint density at radius 1 is 1.19 bits per heavy atom. The molecule has 2 heterocycles. The summed E-state index contributed by atoms with van der Waals surface area (Å²) >= 11 is 0. The molecule has 2 atom stereocenters. The topological polar surface area (TPSA) is 52.1 Å². The third-order valence-corrected chi connectivity index (χ3v) is 5.37. The Bertz CT molecular complexity index is 557. The predicted octanol–water partition coefficient (Wildman–Crippen LogP) is 2.16. The number of nitrogens with one attached hydrogen (secondary N) is 2. The van der Waals surface area contributed by atoms with Crippen LogP contribution in [0.1, 0.15) is 19.8 Å². The average molecular weight is 487 g/mol. The van der Waals surface area contributed by atoms with Gasteiger partial charge < -0.3 is 20.3 Å². The maximum Gasteiger partial charge on any atom is 0.191 e. The van der Waals surface area contributed by atoms with Gasteiger partial charge in [-0.1, -0.05) is 18.2 Å². The van der Waals surface area contributed by atoms with Crippen LogP contribution in [0.25, 0.3) is 0 Å². The minimum atomic E-state index is 0. The number of para-hydroxylation sites is 1. The minimum Gasteiger partial charge on any atom is -0.376 e. The Balaban J connectivity index is 0.00000261. The van der Waals surface area contributed by atoms with E-state index in [1.807, 2.05) is 7.05 Å². The molecule has 152 valence electrons. The second-order valence-electron chi connectivity index (χ2n) is 7.18. The summed E-state index contributed by atoms with van der Waals surface area (Å²) < 4.78 is 5.66. The fourth-order valence-corrected chi connectivity index (χ4v) is 3.67. The highest BCUT2D eigenvalue weighted by molar-refractivity contribution is 14.0. The van der Waals surface area contributed by atoms with E-state index in [0.29, 0.717) is 12.1 Å². The van der Waals surface area contributed by atoms with Crippen LogP contribution >= 0.6 is 24.0 Å². The van der Waals surface area contributed by atoms with Crippen LogP contribution in [0.2, 0.25) is 0 Å². The summed E-state index contributed by atoms with van der Waals surface area (Å²) in [5.74, 6) is 0.871. The van der Waals surface area contributed by atoms with Gasteiger partial charge in [-0.05, 0) is 31.9 Å². The smallest absolute Gasteiger partial charge is 0.191 e. The van der Waals surface area contributed by atoms with Gasteiger partial charge in [0.2, 0.25) is 0 Å². The summed E-state index contributed by atoms with van der Waals surface area (Å²) in [4.78, 5) is 9.36. The standard InChI is InChI=1S/C20H33N5O.HI/c1-17(15-22-20(21-2)23-16-19-9-6-14-26-19)24-10-12-25(13-11-24)18-7-4-3-5-8-18;/h3-5,7-8,17,19H,6,9-16H2,1-2H3,(H2,21,22,23);1H. The summed E-state index contributed by atoms with van der Waals surface area (Å²) in [6, 6.07) is 11.2. The number of aliphatic imine (C=N–C) groups is 1. The molecule has 2 aliphatic heterocycles. The summed E-state index contributed by atoms with van der Waals surface area (Å²) in [6.07, 6.45) is 2.65. The fraction of sp³-hybridized carbons (Fsp3) is 0.650. The van der Waals surface area contributed by atoms with Crippen molar-refractivity contribution in [3.05, 3.63) is 30.3 Å². The Labute approximate surface area is 180 Å². The van der Waals surface area contributed by atoms with Gasteiger partial charge in [-0.2, -0.15) is 0 Å². The van der Waals surface area contributed by atoms with Crippen molar-refractivity contribution in [1.29, 1.82) is 0 Å². The molecular formula is C20H34IN5O. The van der Waals surface area contributed by atoms with Gasteiger partial charge >= 0.3 is 0 Å². The van der Waals surface area contributed by atoms with Crippen molar-refractivity contribution in [2.45, 2.75) is 31.9 Å². The van der Waals surface area contributed by atoms with E-state index in [-0.39, 0.29) is 24.0 Å². The van der Waals surface area contributed by atoms with Gasteiger partial charge in [-0.25, -0.2) is 0 Å². The van der Waals surface area contributed by atoms with Gasteiger partial charge in [-0.15, -0.1) is 24.0 Å². The Morgan fingerprint density at radius 3 is 2.56 bits per heavy atom. The van der Waals surface area contributed by atoms with Gasteiger partial charge in [0.1, 0.15) is 0 Å². The molecule has 0 aromatic heterocycles. The molecule has 0 saturated carbocycles. The molecule has 1 aromatic carbocycles. The fourth-order valence-electron chi connectivity index (χ4n) is 3.67. The quantitative estimate of drug-likeness (QED) is 0.366. The summed E-state index contributed by atoms with van der Waals surface area (Å²) in [7, 11) is 1.83. The molecular weight excluding hydrogens is 453 g/mol. The number of halogens is 1. The first-order valence-electron chi connectivity index (χ1n) is 9.86.